The summed E-state index contributed by atoms with van der Waals surface area (Å²) in [6, 6.07) is 0. The molecule has 7 nitrogen and oxygen atoms in total. The van der Waals surface area contributed by atoms with Crippen molar-refractivity contribution in [1.29, 1.82) is 0 Å². The Balaban J connectivity index is 1.43. The van der Waals surface area contributed by atoms with Gasteiger partial charge in [-0.25, -0.2) is 0 Å². The van der Waals surface area contributed by atoms with Crippen LogP contribution < -0.4 is 0 Å². The smallest absolute Gasteiger partial charge is 0.316 e. The summed E-state index contributed by atoms with van der Waals surface area (Å²) in [4.78, 5) is 24.2. The fourth-order valence-electron chi connectivity index (χ4n) is 9.25. The maximum absolute atomic E-state index is 12.3. The summed E-state index contributed by atoms with van der Waals surface area (Å²) in [5.74, 6) is 0.0701. The monoisotopic (exact) mass is 508 g/mol. The van der Waals surface area contributed by atoms with Crippen LogP contribution in [0.15, 0.2) is 0 Å². The summed E-state index contributed by atoms with van der Waals surface area (Å²) in [6.45, 7) is 9.66. The summed E-state index contributed by atoms with van der Waals surface area (Å²) < 4.78 is 4.91. The minimum atomic E-state index is -1.22. The van der Waals surface area contributed by atoms with Gasteiger partial charge < -0.3 is 25.2 Å². The molecule has 0 aromatic rings. The average molecular weight is 509 g/mol. The van der Waals surface area contributed by atoms with Crippen molar-refractivity contribution in [2.75, 3.05) is 0 Å². The molecule has 0 heterocycles. The number of rotatable bonds is 6. The van der Waals surface area contributed by atoms with Crippen molar-refractivity contribution in [3.63, 3.8) is 0 Å². The maximum atomic E-state index is 12.3. The molecule has 4 rings (SSSR count). The van der Waals surface area contributed by atoms with Crippen LogP contribution in [-0.2, 0) is 14.3 Å². The van der Waals surface area contributed by atoms with E-state index in [9.17, 15) is 30.0 Å². The molecule has 0 saturated heterocycles. The first-order valence-corrected chi connectivity index (χ1v) is 14.2. The molecule has 4 saturated carbocycles. The van der Waals surface area contributed by atoms with Crippen LogP contribution in [0.25, 0.3) is 0 Å². The van der Waals surface area contributed by atoms with Gasteiger partial charge in [-0.15, -0.1) is 0 Å². The predicted octanol–water partition coefficient (Wildman–Crippen LogP) is 3.59. The van der Waals surface area contributed by atoms with Gasteiger partial charge in [0.15, 0.2) is 0 Å². The molecule has 4 N–H and O–H groups in total. The quantitative estimate of drug-likeness (QED) is 0.319. The molecule has 7 heteroatoms. The second-order valence-electron chi connectivity index (χ2n) is 13.9. The molecule has 0 spiro atoms. The van der Waals surface area contributed by atoms with Crippen LogP contribution in [0.4, 0.5) is 0 Å². The highest BCUT2D eigenvalue weighted by Crippen LogP contribution is 2.68. The molecule has 0 amide bonds. The molecule has 0 radical (unpaired) electrons. The first kappa shape index (κ1) is 28.0. The van der Waals surface area contributed by atoms with Gasteiger partial charge in [-0.05, 0) is 112 Å². The summed E-state index contributed by atoms with van der Waals surface area (Å²) in [7, 11) is 0. The summed E-state index contributed by atoms with van der Waals surface area (Å²) in [5, 5.41) is 43.1. The van der Waals surface area contributed by atoms with Crippen LogP contribution in [0.2, 0.25) is 0 Å². The van der Waals surface area contributed by atoms with Crippen molar-refractivity contribution in [2.45, 2.75) is 123 Å². The lowest BCUT2D eigenvalue weighted by molar-refractivity contribution is -0.207. The Bertz CT molecular complexity index is 836. The fourth-order valence-corrected chi connectivity index (χ4v) is 9.25. The lowest BCUT2D eigenvalue weighted by Crippen LogP contribution is -2.62. The van der Waals surface area contributed by atoms with Crippen molar-refractivity contribution in [3.8, 4) is 0 Å². The Kier molecular flexibility index (Phi) is 7.73. The normalized spacial score (nSPS) is 45.2. The van der Waals surface area contributed by atoms with E-state index < -0.39 is 29.7 Å². The third kappa shape index (κ3) is 5.02. The fraction of sp³-hybridized carbons (Fsp3) is 0.931. The van der Waals surface area contributed by atoms with E-state index >= 15 is 0 Å². The first-order chi connectivity index (χ1) is 16.7. The molecule has 3 unspecified atom stereocenters. The molecular weight excluding hydrogens is 460 g/mol. The van der Waals surface area contributed by atoms with Gasteiger partial charge in [0.1, 0.15) is 0 Å². The van der Waals surface area contributed by atoms with E-state index in [1.807, 2.05) is 0 Å². The molecule has 0 aromatic heterocycles. The Morgan fingerprint density at radius 2 is 1.69 bits per heavy atom. The first-order valence-electron chi connectivity index (χ1n) is 14.2. The largest absolute Gasteiger partial charge is 0.393 e. The Hall–Kier alpha value is -1.02. The Morgan fingerprint density at radius 3 is 2.36 bits per heavy atom. The molecule has 4 fully saturated rings. The number of hydrogen-bond donors (Lipinski definition) is 4. The van der Waals surface area contributed by atoms with E-state index in [1.165, 1.54) is 13.8 Å². The van der Waals surface area contributed by atoms with Gasteiger partial charge in [-0.3, -0.25) is 9.59 Å². The van der Waals surface area contributed by atoms with E-state index in [-0.39, 0.29) is 59.4 Å². The van der Waals surface area contributed by atoms with E-state index in [2.05, 4.69) is 20.8 Å². The number of carbonyl (C=O) groups is 2. The number of esters is 2. The van der Waals surface area contributed by atoms with Gasteiger partial charge in [0.2, 0.25) is 0 Å². The summed E-state index contributed by atoms with van der Waals surface area (Å²) in [5.41, 5.74) is -1.49. The van der Waals surface area contributed by atoms with Gasteiger partial charge in [0, 0.05) is 6.42 Å². The standard InChI is InChI=1S/C29H48O7/c1-16(6-9-24(33)36-25(34)15-27(2,3)35)19-7-8-20-26-21(14-23(32)29(19,20)5)28(4)11-10-18(30)12-17(28)13-22(26)31/h16-23,26,30-32,35H,6-15H2,1-5H3/t16-,17+,18-,19-,20?,21?,22-,23+,26?,28+,29-/m1/s1. The van der Waals surface area contributed by atoms with Gasteiger partial charge in [-0.2, -0.15) is 0 Å². The Morgan fingerprint density at radius 1 is 1.00 bits per heavy atom. The second-order valence-corrected chi connectivity index (χ2v) is 13.9. The molecule has 4 aliphatic rings. The van der Waals surface area contributed by atoms with Crippen molar-refractivity contribution < 1.29 is 34.8 Å². The minimum absolute atomic E-state index is 0.0502. The molecular formula is C29H48O7. The van der Waals surface area contributed by atoms with Crippen molar-refractivity contribution in [1.82, 2.24) is 0 Å². The van der Waals surface area contributed by atoms with Crippen LogP contribution in [0.5, 0.6) is 0 Å². The van der Waals surface area contributed by atoms with Crippen LogP contribution in [0, 0.1) is 46.3 Å². The zero-order valence-corrected chi connectivity index (χ0v) is 22.8. The highest BCUT2D eigenvalue weighted by atomic mass is 16.6. The minimum Gasteiger partial charge on any atom is -0.393 e. The zero-order chi connectivity index (χ0) is 26.6. The zero-order valence-electron chi connectivity index (χ0n) is 22.8. The summed E-state index contributed by atoms with van der Waals surface area (Å²) in [6.07, 6.45) is 5.20. The molecule has 11 atom stereocenters. The third-order valence-electron chi connectivity index (χ3n) is 11.1. The van der Waals surface area contributed by atoms with Crippen molar-refractivity contribution in [3.05, 3.63) is 0 Å². The van der Waals surface area contributed by atoms with Crippen LogP contribution >= 0.6 is 0 Å². The second kappa shape index (κ2) is 9.94. The third-order valence-corrected chi connectivity index (χ3v) is 11.1. The number of carbonyl (C=O) groups excluding carboxylic acids is 2. The van der Waals surface area contributed by atoms with Gasteiger partial charge in [0.05, 0.1) is 30.3 Å². The average Bonchev–Trinajstić information content (AvgIpc) is 3.11. The van der Waals surface area contributed by atoms with Gasteiger partial charge >= 0.3 is 11.9 Å². The number of aliphatic hydroxyl groups is 4. The van der Waals surface area contributed by atoms with Crippen LogP contribution in [-0.4, -0.2) is 56.3 Å². The number of ether oxygens (including phenoxy) is 1. The number of aliphatic hydroxyl groups excluding tert-OH is 3. The summed E-state index contributed by atoms with van der Waals surface area (Å²) >= 11 is 0. The van der Waals surface area contributed by atoms with E-state index in [0.29, 0.717) is 18.8 Å². The molecule has 36 heavy (non-hydrogen) atoms. The molecule has 206 valence electrons. The van der Waals surface area contributed by atoms with Crippen molar-refractivity contribution >= 4 is 11.9 Å². The van der Waals surface area contributed by atoms with E-state index in [4.69, 9.17) is 4.74 Å². The molecule has 0 aliphatic heterocycles. The molecule has 4 aliphatic carbocycles. The predicted molar refractivity (Wildman–Crippen MR) is 134 cm³/mol. The number of fused-ring (bicyclic) bond motifs is 5. The van der Waals surface area contributed by atoms with Gasteiger partial charge in [-0.1, -0.05) is 20.8 Å². The highest BCUT2D eigenvalue weighted by Gasteiger charge is 2.65. The van der Waals surface area contributed by atoms with Crippen LogP contribution in [0.1, 0.15) is 98.8 Å². The van der Waals surface area contributed by atoms with Crippen LogP contribution in [0.3, 0.4) is 0 Å². The SMILES string of the molecule is C[C@H](CCC(=O)OC(=O)CC(C)(C)O)[C@H]1CCC2C3C(C[C@H](O)[C@@]21C)[C@@]1(C)CC[C@@H](O)C[C@H]1C[C@H]3O. The lowest BCUT2D eigenvalue weighted by Gasteiger charge is -2.63. The topological polar surface area (TPSA) is 124 Å². The highest BCUT2D eigenvalue weighted by molar-refractivity contribution is 5.85. The van der Waals surface area contributed by atoms with Crippen molar-refractivity contribution in [2.24, 2.45) is 46.3 Å². The molecule has 0 aromatic carbocycles. The Labute approximate surface area is 216 Å². The van der Waals surface area contributed by atoms with E-state index in [1.54, 1.807) is 0 Å². The maximum Gasteiger partial charge on any atom is 0.316 e. The molecule has 0 bridgehead atoms. The van der Waals surface area contributed by atoms with E-state index in [0.717, 1.165) is 38.5 Å². The van der Waals surface area contributed by atoms with Gasteiger partial charge in [0.25, 0.3) is 0 Å². The number of hydrogen-bond acceptors (Lipinski definition) is 7. The lowest BCUT2D eigenvalue weighted by atomic mass is 9.43.